The first kappa shape index (κ1) is 23.9. The second-order valence-corrected chi connectivity index (χ2v) is 10.2. The number of oxazole rings is 1. The Morgan fingerprint density at radius 3 is 2.95 bits per heavy atom. The molecule has 10 heteroatoms. The van der Waals surface area contributed by atoms with Crippen LogP contribution >= 0.6 is 0 Å². The third kappa shape index (κ3) is 4.07. The minimum Gasteiger partial charge on any atom is -0.495 e. The fourth-order valence-corrected chi connectivity index (χ4v) is 5.89. The van der Waals surface area contributed by atoms with Crippen molar-refractivity contribution in [1.82, 2.24) is 29.3 Å². The Morgan fingerprint density at radius 1 is 1.23 bits per heavy atom. The second kappa shape index (κ2) is 9.55. The molecule has 1 saturated heterocycles. The first-order chi connectivity index (χ1) is 19.1. The van der Waals surface area contributed by atoms with Gasteiger partial charge in [0.25, 0.3) is 5.91 Å². The van der Waals surface area contributed by atoms with Gasteiger partial charge in [0.15, 0.2) is 5.82 Å². The lowest BCUT2D eigenvalue weighted by Crippen LogP contribution is -2.51. The summed E-state index contributed by atoms with van der Waals surface area (Å²) in [5.41, 5.74) is 5.45. The number of rotatable bonds is 6. The van der Waals surface area contributed by atoms with Gasteiger partial charge in [-0.15, -0.1) is 0 Å². The number of hydrogen-bond acceptors (Lipinski definition) is 7. The van der Waals surface area contributed by atoms with Gasteiger partial charge >= 0.3 is 0 Å². The van der Waals surface area contributed by atoms with Crippen LogP contribution in [0.3, 0.4) is 0 Å². The molecule has 200 valence electrons. The van der Waals surface area contributed by atoms with E-state index in [-0.39, 0.29) is 11.9 Å². The number of aryl methyl sites for hydroxylation is 1. The first-order valence-corrected chi connectivity index (χ1v) is 13.3. The third-order valence-electron chi connectivity index (χ3n) is 7.82. The van der Waals surface area contributed by atoms with Gasteiger partial charge in [-0.25, -0.2) is 9.97 Å². The molecule has 5 aromatic rings. The van der Waals surface area contributed by atoms with Gasteiger partial charge in [-0.1, -0.05) is 12.1 Å². The molecule has 3 aromatic heterocycles. The van der Waals surface area contributed by atoms with Crippen LogP contribution in [-0.2, 0) is 24.8 Å². The zero-order valence-corrected chi connectivity index (χ0v) is 22.0. The highest BCUT2D eigenvalue weighted by Gasteiger charge is 2.29. The monoisotopic (exact) mass is 526 g/mol. The predicted octanol–water partition coefficient (Wildman–Crippen LogP) is 3.23. The molecule has 0 saturated carbocycles. The molecule has 0 bridgehead atoms. The highest BCUT2D eigenvalue weighted by molar-refractivity contribution is 6.01. The number of nitrogens with zero attached hydrogens (tertiary/aromatic N) is 5. The van der Waals surface area contributed by atoms with E-state index in [1.54, 1.807) is 19.6 Å². The number of amides is 1. The fourth-order valence-electron chi connectivity index (χ4n) is 5.89. The molecule has 1 amide bonds. The standard InChI is InChI=1S/C29H30N6O4/c1-33-23-12-18-6-9-34(15-20-17-38-10-7-30-20)29(36)21(18)14-22(23)32-28(33)24-13-19-4-3-5-25(37-2)27(19)35(24)16-26-31-8-11-39-26/h3-5,8,11-14,20,30H,6-7,9-10,15-17H2,1-2H3/t20-/m0/s1. The van der Waals surface area contributed by atoms with Crippen molar-refractivity contribution >= 4 is 27.8 Å². The maximum atomic E-state index is 13.5. The SMILES string of the molecule is COc1cccc2cc(-c3nc4cc5c(cc4n3C)CCN(C[C@H]3COCCN3)C5=O)n(Cc3ncco3)c12. The van der Waals surface area contributed by atoms with Gasteiger partial charge in [-0.05, 0) is 36.2 Å². The molecular formula is C29H30N6O4. The number of aromatic nitrogens is 4. The maximum Gasteiger partial charge on any atom is 0.254 e. The van der Waals surface area contributed by atoms with Crippen molar-refractivity contribution in [1.29, 1.82) is 0 Å². The van der Waals surface area contributed by atoms with Gasteiger partial charge in [0, 0.05) is 43.7 Å². The molecule has 1 atom stereocenters. The van der Waals surface area contributed by atoms with Gasteiger partial charge in [-0.2, -0.15) is 0 Å². The van der Waals surface area contributed by atoms with Crippen molar-refractivity contribution in [2.24, 2.45) is 7.05 Å². The lowest BCUT2D eigenvalue weighted by molar-refractivity contribution is 0.0512. The van der Waals surface area contributed by atoms with Crippen LogP contribution in [0.25, 0.3) is 33.5 Å². The minimum absolute atomic E-state index is 0.0560. The predicted molar refractivity (Wildman–Crippen MR) is 146 cm³/mol. The Morgan fingerprint density at radius 2 is 2.15 bits per heavy atom. The van der Waals surface area contributed by atoms with E-state index in [9.17, 15) is 4.79 Å². The number of imidazole rings is 1. The van der Waals surface area contributed by atoms with Gasteiger partial charge in [-0.3, -0.25) is 4.79 Å². The number of methoxy groups -OCH3 is 1. The molecule has 5 heterocycles. The van der Waals surface area contributed by atoms with Gasteiger partial charge < -0.3 is 33.2 Å². The molecule has 0 unspecified atom stereocenters. The Balaban J connectivity index is 1.31. The van der Waals surface area contributed by atoms with Gasteiger partial charge in [0.2, 0.25) is 5.89 Å². The summed E-state index contributed by atoms with van der Waals surface area (Å²) in [6.45, 7) is 3.94. The van der Waals surface area contributed by atoms with Crippen LogP contribution in [0, 0.1) is 0 Å². The smallest absolute Gasteiger partial charge is 0.254 e. The van der Waals surface area contributed by atoms with Crippen LogP contribution in [0.5, 0.6) is 5.75 Å². The number of benzene rings is 2. The molecule has 7 rings (SSSR count). The summed E-state index contributed by atoms with van der Waals surface area (Å²) in [7, 11) is 3.70. The number of carbonyl (C=O) groups is 1. The molecule has 2 aromatic carbocycles. The van der Waals surface area contributed by atoms with E-state index in [0.717, 1.165) is 69.9 Å². The van der Waals surface area contributed by atoms with E-state index < -0.39 is 0 Å². The van der Waals surface area contributed by atoms with Crippen LogP contribution in [0.2, 0.25) is 0 Å². The second-order valence-electron chi connectivity index (χ2n) is 10.2. The highest BCUT2D eigenvalue weighted by Crippen LogP contribution is 2.36. The summed E-state index contributed by atoms with van der Waals surface area (Å²) in [5.74, 6) is 2.21. The lowest BCUT2D eigenvalue weighted by atomic mass is 9.97. The highest BCUT2D eigenvalue weighted by atomic mass is 16.5. The Kier molecular flexibility index (Phi) is 5.86. The summed E-state index contributed by atoms with van der Waals surface area (Å²) in [4.78, 5) is 24.8. The zero-order valence-electron chi connectivity index (χ0n) is 22.0. The lowest BCUT2D eigenvalue weighted by Gasteiger charge is -2.33. The number of hydrogen-bond donors (Lipinski definition) is 1. The van der Waals surface area contributed by atoms with Crippen LogP contribution in [0.15, 0.2) is 53.3 Å². The number of para-hydroxylation sites is 1. The first-order valence-electron chi connectivity index (χ1n) is 13.3. The Bertz CT molecular complexity index is 1680. The van der Waals surface area contributed by atoms with E-state index in [1.165, 1.54) is 0 Å². The summed E-state index contributed by atoms with van der Waals surface area (Å²) in [6.07, 6.45) is 4.04. The maximum absolute atomic E-state index is 13.5. The number of morpholine rings is 1. The number of carbonyl (C=O) groups excluding carboxylic acids is 1. The molecule has 0 radical (unpaired) electrons. The van der Waals surface area contributed by atoms with Crippen molar-refractivity contribution in [3.05, 3.63) is 65.9 Å². The van der Waals surface area contributed by atoms with E-state index in [1.807, 2.05) is 30.1 Å². The van der Waals surface area contributed by atoms with E-state index in [0.29, 0.717) is 32.1 Å². The number of fused-ring (bicyclic) bond motifs is 3. The molecule has 1 N–H and O–H groups in total. The van der Waals surface area contributed by atoms with Crippen molar-refractivity contribution in [2.45, 2.75) is 19.0 Å². The quantitative estimate of drug-likeness (QED) is 0.363. The van der Waals surface area contributed by atoms with Crippen LogP contribution < -0.4 is 10.1 Å². The minimum atomic E-state index is 0.0560. The normalized spacial score (nSPS) is 17.7. The molecule has 2 aliphatic rings. The van der Waals surface area contributed by atoms with E-state index in [2.05, 4.69) is 37.6 Å². The average Bonchev–Trinajstić information content (AvgIpc) is 3.69. The summed E-state index contributed by atoms with van der Waals surface area (Å²) < 4.78 is 21.1. The molecule has 1 fully saturated rings. The van der Waals surface area contributed by atoms with Crippen LogP contribution in [-0.4, -0.2) is 75.9 Å². The third-order valence-corrected chi connectivity index (χ3v) is 7.82. The summed E-state index contributed by atoms with van der Waals surface area (Å²) in [5, 5.41) is 4.49. The molecule has 0 spiro atoms. The molecule has 2 aliphatic heterocycles. The average molecular weight is 527 g/mol. The molecular weight excluding hydrogens is 496 g/mol. The van der Waals surface area contributed by atoms with E-state index >= 15 is 0 Å². The molecule has 10 nitrogen and oxygen atoms in total. The van der Waals surface area contributed by atoms with Crippen LogP contribution in [0.4, 0.5) is 0 Å². The Labute approximate surface area is 225 Å². The van der Waals surface area contributed by atoms with Crippen molar-refractivity contribution < 1.29 is 18.7 Å². The number of ether oxygens (including phenoxy) is 2. The topological polar surface area (TPSA) is 99.6 Å². The zero-order chi connectivity index (χ0) is 26.5. The van der Waals surface area contributed by atoms with Gasteiger partial charge in [0.1, 0.15) is 12.0 Å². The molecule has 39 heavy (non-hydrogen) atoms. The van der Waals surface area contributed by atoms with Crippen molar-refractivity contribution in [2.75, 3.05) is 40.0 Å². The summed E-state index contributed by atoms with van der Waals surface area (Å²) in [6, 6.07) is 12.4. The summed E-state index contributed by atoms with van der Waals surface area (Å²) >= 11 is 0. The van der Waals surface area contributed by atoms with E-state index in [4.69, 9.17) is 18.9 Å². The Hall–Kier alpha value is -4.15. The fraction of sp³-hybridized carbons (Fsp3) is 0.345. The van der Waals surface area contributed by atoms with Crippen molar-refractivity contribution in [3.63, 3.8) is 0 Å². The van der Waals surface area contributed by atoms with Gasteiger partial charge in [0.05, 0.1) is 55.3 Å². The molecule has 0 aliphatic carbocycles. The largest absolute Gasteiger partial charge is 0.495 e. The van der Waals surface area contributed by atoms with Crippen LogP contribution in [0.1, 0.15) is 21.8 Å². The number of nitrogens with one attached hydrogen (secondary N) is 1. The van der Waals surface area contributed by atoms with Crippen molar-refractivity contribution in [3.8, 4) is 17.3 Å².